The number of guanidine groups is 1. The number of amidine groups is 1. The third-order valence-electron chi connectivity index (χ3n) is 4.72. The first-order chi connectivity index (χ1) is 12.9. The molecule has 1 atom stereocenters. The first kappa shape index (κ1) is 18.1. The predicted octanol–water partition coefficient (Wildman–Crippen LogP) is 3.24. The smallest absolute Gasteiger partial charge is 0.446 e. The molecule has 10 heteroatoms. The molecule has 6 nitrogen and oxygen atoms in total. The van der Waals surface area contributed by atoms with Gasteiger partial charge in [-0.25, -0.2) is 14.8 Å². The van der Waals surface area contributed by atoms with Crippen LogP contribution in [0.15, 0.2) is 39.1 Å². The quantitative estimate of drug-likeness (QED) is 0.680. The molecule has 27 heavy (non-hydrogen) atoms. The SMILES string of the molecule is COC(=O)[C@@]1(C(F)(F)F)N=C2Sc3ccccc3N2C(N2CCCCC2)=N1. The molecule has 0 spiro atoms. The van der Waals surface area contributed by atoms with E-state index in [1.165, 1.54) is 0 Å². The largest absolute Gasteiger partial charge is 0.465 e. The number of esters is 1. The zero-order valence-corrected chi connectivity index (χ0v) is 15.3. The molecule has 1 fully saturated rings. The van der Waals surface area contributed by atoms with Crippen LogP contribution in [0.3, 0.4) is 0 Å². The third kappa shape index (κ3) is 2.77. The van der Waals surface area contributed by atoms with Crippen LogP contribution in [0.25, 0.3) is 0 Å². The highest BCUT2D eigenvalue weighted by atomic mass is 32.2. The summed E-state index contributed by atoms with van der Waals surface area (Å²) in [6.45, 7) is 1.15. The van der Waals surface area contributed by atoms with Crippen molar-refractivity contribution in [2.24, 2.45) is 9.98 Å². The Bertz CT molecular complexity index is 836. The Labute approximate surface area is 158 Å². The van der Waals surface area contributed by atoms with Crippen LogP contribution in [0.5, 0.6) is 0 Å². The zero-order valence-electron chi connectivity index (χ0n) is 14.5. The third-order valence-corrected chi connectivity index (χ3v) is 5.74. The van der Waals surface area contributed by atoms with Gasteiger partial charge in [0.1, 0.15) is 0 Å². The summed E-state index contributed by atoms with van der Waals surface area (Å²) in [5.74, 6) is -1.44. The molecule has 0 unspecified atom stereocenters. The number of piperidine rings is 1. The van der Waals surface area contributed by atoms with Crippen LogP contribution in [0.2, 0.25) is 0 Å². The minimum Gasteiger partial charge on any atom is -0.465 e. The summed E-state index contributed by atoms with van der Waals surface area (Å²) in [6, 6.07) is 7.23. The lowest BCUT2D eigenvalue weighted by Gasteiger charge is -2.39. The van der Waals surface area contributed by atoms with E-state index in [0.717, 1.165) is 43.0 Å². The summed E-state index contributed by atoms with van der Waals surface area (Å²) >= 11 is 1.09. The number of methoxy groups -OCH3 is 1. The molecule has 0 aliphatic carbocycles. The van der Waals surface area contributed by atoms with Crippen molar-refractivity contribution >= 4 is 34.5 Å². The van der Waals surface area contributed by atoms with Gasteiger partial charge >= 0.3 is 17.8 Å². The Morgan fingerprint density at radius 2 is 1.89 bits per heavy atom. The number of likely N-dealkylation sites (tertiary alicyclic amines) is 1. The van der Waals surface area contributed by atoms with Crippen LogP contribution in [0.4, 0.5) is 18.9 Å². The minimum absolute atomic E-state index is 0.0782. The number of thioether (sulfide) groups is 1. The molecule has 0 bridgehead atoms. The van der Waals surface area contributed by atoms with Gasteiger partial charge in [0, 0.05) is 18.0 Å². The van der Waals surface area contributed by atoms with E-state index in [0.29, 0.717) is 18.8 Å². The molecular weight excluding hydrogens is 381 g/mol. The van der Waals surface area contributed by atoms with E-state index in [9.17, 15) is 18.0 Å². The van der Waals surface area contributed by atoms with Crippen LogP contribution in [-0.2, 0) is 9.53 Å². The summed E-state index contributed by atoms with van der Waals surface area (Å²) in [5, 5.41) is 0.0782. The van der Waals surface area contributed by atoms with Gasteiger partial charge in [-0.15, -0.1) is 0 Å². The highest BCUT2D eigenvalue weighted by molar-refractivity contribution is 8.15. The number of halogens is 3. The lowest BCUT2D eigenvalue weighted by molar-refractivity contribution is -0.201. The number of nitrogens with zero attached hydrogens (tertiary/aromatic N) is 4. The molecule has 3 aliphatic rings. The van der Waals surface area contributed by atoms with Crippen molar-refractivity contribution in [1.82, 2.24) is 4.90 Å². The van der Waals surface area contributed by atoms with Gasteiger partial charge in [0.15, 0.2) is 5.17 Å². The van der Waals surface area contributed by atoms with E-state index in [1.54, 1.807) is 15.9 Å². The summed E-state index contributed by atoms with van der Waals surface area (Å²) in [7, 11) is 0.912. The van der Waals surface area contributed by atoms with Crippen molar-refractivity contribution in [1.29, 1.82) is 0 Å². The number of benzene rings is 1. The lowest BCUT2D eigenvalue weighted by atomic mass is 10.1. The molecule has 0 aromatic heterocycles. The molecular formula is C17H17F3N4O2S. The molecule has 1 aromatic carbocycles. The normalized spacial score (nSPS) is 24.7. The molecule has 0 amide bonds. The van der Waals surface area contributed by atoms with Crippen LogP contribution in [-0.4, -0.2) is 54.0 Å². The van der Waals surface area contributed by atoms with E-state index in [1.807, 2.05) is 18.2 Å². The number of ether oxygens (including phenoxy) is 1. The number of carbonyl (C=O) groups is 1. The standard InChI is InChI=1S/C17H17F3N4O2S/c1-26-13(25)16(17(18,19)20)21-14(23-9-5-2-6-10-23)24-11-7-3-4-8-12(11)27-15(24)22-16/h3-4,7-8H,2,5-6,9-10H2,1H3/t16-/m0/s1. The minimum atomic E-state index is -5.02. The van der Waals surface area contributed by atoms with Crippen LogP contribution in [0, 0.1) is 0 Å². The maximum absolute atomic E-state index is 14.0. The Morgan fingerprint density at radius 3 is 2.56 bits per heavy atom. The fourth-order valence-electron chi connectivity index (χ4n) is 3.38. The molecule has 3 heterocycles. The average molecular weight is 398 g/mol. The van der Waals surface area contributed by atoms with Gasteiger partial charge in [0.25, 0.3) is 0 Å². The fraction of sp³-hybridized carbons (Fsp3) is 0.471. The number of anilines is 1. The summed E-state index contributed by atoms with van der Waals surface area (Å²) in [6.07, 6.45) is -2.30. The molecule has 144 valence electrons. The van der Waals surface area contributed by atoms with Gasteiger partial charge < -0.3 is 9.64 Å². The van der Waals surface area contributed by atoms with E-state index >= 15 is 0 Å². The Balaban J connectivity index is 1.90. The number of alkyl halides is 3. The maximum Gasteiger partial charge on any atom is 0.446 e. The highest BCUT2D eigenvalue weighted by Crippen LogP contribution is 2.47. The van der Waals surface area contributed by atoms with Crippen molar-refractivity contribution < 1.29 is 22.7 Å². The summed E-state index contributed by atoms with van der Waals surface area (Å²) in [4.78, 5) is 24.1. The van der Waals surface area contributed by atoms with Crippen LogP contribution >= 0.6 is 11.8 Å². The van der Waals surface area contributed by atoms with E-state index in [4.69, 9.17) is 0 Å². The van der Waals surface area contributed by atoms with Crippen LogP contribution in [0.1, 0.15) is 19.3 Å². The highest BCUT2D eigenvalue weighted by Gasteiger charge is 2.66. The molecule has 0 radical (unpaired) electrons. The number of carbonyl (C=O) groups excluding carboxylic acids is 1. The molecule has 0 saturated carbocycles. The monoisotopic (exact) mass is 398 g/mol. The van der Waals surface area contributed by atoms with Gasteiger partial charge in [-0.05, 0) is 43.2 Å². The number of hydrogen-bond acceptors (Lipinski definition) is 7. The van der Waals surface area contributed by atoms with Crippen molar-refractivity contribution in [3.8, 4) is 0 Å². The number of rotatable bonds is 1. The molecule has 0 N–H and O–H groups in total. The van der Waals surface area contributed by atoms with Gasteiger partial charge in [-0.1, -0.05) is 12.1 Å². The Hall–Kier alpha value is -2.23. The predicted molar refractivity (Wildman–Crippen MR) is 95.9 cm³/mol. The maximum atomic E-state index is 14.0. The molecule has 1 saturated heterocycles. The van der Waals surface area contributed by atoms with Gasteiger partial charge in [-0.2, -0.15) is 13.2 Å². The second-order valence-electron chi connectivity index (χ2n) is 6.42. The van der Waals surface area contributed by atoms with Crippen LogP contribution < -0.4 is 4.90 Å². The van der Waals surface area contributed by atoms with E-state index in [-0.39, 0.29) is 11.1 Å². The average Bonchev–Trinajstić information content (AvgIpc) is 3.04. The topological polar surface area (TPSA) is 57.5 Å². The molecule has 3 aliphatic heterocycles. The van der Waals surface area contributed by atoms with Crippen molar-refractivity contribution in [2.75, 3.05) is 25.1 Å². The lowest BCUT2D eigenvalue weighted by Crippen LogP contribution is -2.59. The number of hydrogen-bond donors (Lipinski definition) is 0. The van der Waals surface area contributed by atoms with Gasteiger partial charge in [0.2, 0.25) is 5.96 Å². The van der Waals surface area contributed by atoms with Gasteiger partial charge in [-0.3, -0.25) is 4.90 Å². The number of aliphatic imine (C=N–C) groups is 2. The van der Waals surface area contributed by atoms with E-state index < -0.39 is 17.8 Å². The summed E-state index contributed by atoms with van der Waals surface area (Å²) < 4.78 is 46.5. The van der Waals surface area contributed by atoms with E-state index in [2.05, 4.69) is 14.7 Å². The second-order valence-corrected chi connectivity index (χ2v) is 7.43. The first-order valence-corrected chi connectivity index (χ1v) is 9.36. The van der Waals surface area contributed by atoms with Crippen molar-refractivity contribution in [3.63, 3.8) is 0 Å². The molecule has 1 aromatic rings. The second kappa shape index (κ2) is 6.43. The van der Waals surface area contributed by atoms with Crippen molar-refractivity contribution in [3.05, 3.63) is 24.3 Å². The number of para-hydroxylation sites is 1. The first-order valence-electron chi connectivity index (χ1n) is 8.54. The van der Waals surface area contributed by atoms with Gasteiger partial charge in [0.05, 0.1) is 12.8 Å². The molecule has 4 rings (SSSR count). The fourth-order valence-corrected chi connectivity index (χ4v) is 4.44. The number of fused-ring (bicyclic) bond motifs is 3. The summed E-state index contributed by atoms with van der Waals surface area (Å²) in [5.41, 5.74) is -2.57. The zero-order chi connectivity index (χ0) is 19.2. The Morgan fingerprint density at radius 1 is 1.19 bits per heavy atom. The Kier molecular flexibility index (Phi) is 4.32. The van der Waals surface area contributed by atoms with Crippen molar-refractivity contribution in [2.45, 2.75) is 36.0 Å².